The molecule has 0 amide bonds. The van der Waals surface area contributed by atoms with Crippen LogP contribution in [0.3, 0.4) is 0 Å². The van der Waals surface area contributed by atoms with E-state index in [9.17, 15) is 8.42 Å². The fourth-order valence-corrected chi connectivity index (χ4v) is 4.52. The molecule has 0 bridgehead atoms. The van der Waals surface area contributed by atoms with Crippen LogP contribution < -0.4 is 10.0 Å². The smallest absolute Gasteiger partial charge is 0.250 e. The van der Waals surface area contributed by atoms with E-state index >= 15 is 0 Å². The zero-order chi connectivity index (χ0) is 15.0. The standard InChI is InChI=1S/C13H24N2O2S3/c1-11(2)14-9-7-12-5-6-13(19-12)20(16,17)15-8-4-10-18-3/h5-6,11,14-15H,4,7-10H2,1-3H3. The Morgan fingerprint density at radius 1 is 1.30 bits per heavy atom. The summed E-state index contributed by atoms with van der Waals surface area (Å²) in [4.78, 5) is 1.10. The molecule has 1 aromatic heterocycles. The van der Waals surface area contributed by atoms with Crippen molar-refractivity contribution in [2.45, 2.75) is 36.9 Å². The number of thioether (sulfide) groups is 1. The molecule has 20 heavy (non-hydrogen) atoms. The summed E-state index contributed by atoms with van der Waals surface area (Å²) in [5.41, 5.74) is 0. The summed E-state index contributed by atoms with van der Waals surface area (Å²) in [7, 11) is -3.32. The van der Waals surface area contributed by atoms with Crippen LogP contribution >= 0.6 is 23.1 Å². The zero-order valence-electron chi connectivity index (χ0n) is 12.3. The summed E-state index contributed by atoms with van der Waals surface area (Å²) in [5.74, 6) is 0.971. The van der Waals surface area contributed by atoms with Gasteiger partial charge < -0.3 is 5.32 Å². The van der Waals surface area contributed by atoms with Crippen molar-refractivity contribution in [3.8, 4) is 0 Å². The molecule has 4 nitrogen and oxygen atoms in total. The van der Waals surface area contributed by atoms with Crippen LogP contribution in [0.4, 0.5) is 0 Å². The average molecular weight is 337 g/mol. The minimum Gasteiger partial charge on any atom is -0.314 e. The molecule has 0 spiro atoms. The van der Waals surface area contributed by atoms with Crippen LogP contribution in [0.1, 0.15) is 25.1 Å². The number of hydrogen-bond acceptors (Lipinski definition) is 5. The lowest BCUT2D eigenvalue weighted by Crippen LogP contribution is -2.25. The summed E-state index contributed by atoms with van der Waals surface area (Å²) in [5, 5.41) is 3.33. The first-order valence-corrected chi connectivity index (χ1v) is 10.5. The van der Waals surface area contributed by atoms with Crippen LogP contribution in [0.2, 0.25) is 0 Å². The van der Waals surface area contributed by atoms with E-state index in [1.165, 1.54) is 11.3 Å². The predicted molar refractivity (Wildman–Crippen MR) is 89.3 cm³/mol. The van der Waals surface area contributed by atoms with Gasteiger partial charge in [-0.05, 0) is 37.0 Å². The van der Waals surface area contributed by atoms with Crippen molar-refractivity contribution in [2.75, 3.05) is 25.1 Å². The Kier molecular flexibility index (Phi) is 8.13. The molecular weight excluding hydrogens is 312 g/mol. The summed E-state index contributed by atoms with van der Waals surface area (Å²) >= 11 is 3.08. The highest BCUT2D eigenvalue weighted by molar-refractivity contribution is 7.98. The van der Waals surface area contributed by atoms with Crippen LogP contribution in [-0.4, -0.2) is 39.6 Å². The molecule has 1 aromatic rings. The number of nitrogens with one attached hydrogen (secondary N) is 2. The first-order chi connectivity index (χ1) is 9.45. The van der Waals surface area contributed by atoms with Crippen LogP contribution in [0, 0.1) is 0 Å². The number of thiophene rings is 1. The Labute approximate surface area is 130 Å². The van der Waals surface area contributed by atoms with Gasteiger partial charge in [-0.15, -0.1) is 11.3 Å². The van der Waals surface area contributed by atoms with Crippen molar-refractivity contribution in [3.05, 3.63) is 17.0 Å². The summed E-state index contributed by atoms with van der Waals surface area (Å²) in [6, 6.07) is 4.06. The molecule has 0 saturated heterocycles. The third-order valence-corrected chi connectivity index (χ3v) is 6.44. The first-order valence-electron chi connectivity index (χ1n) is 6.76. The van der Waals surface area contributed by atoms with Gasteiger partial charge in [0.05, 0.1) is 0 Å². The molecule has 0 unspecified atom stereocenters. The maximum atomic E-state index is 12.1. The Hall–Kier alpha value is -0.0800. The Bertz CT molecular complexity index is 484. The van der Waals surface area contributed by atoms with Gasteiger partial charge in [0.2, 0.25) is 10.0 Å². The lowest BCUT2D eigenvalue weighted by Gasteiger charge is -2.06. The normalized spacial score (nSPS) is 12.2. The van der Waals surface area contributed by atoms with E-state index in [2.05, 4.69) is 23.9 Å². The number of rotatable bonds is 10. The fraction of sp³-hybridized carbons (Fsp3) is 0.692. The van der Waals surface area contributed by atoms with E-state index in [1.54, 1.807) is 17.8 Å². The lowest BCUT2D eigenvalue weighted by atomic mass is 10.3. The maximum absolute atomic E-state index is 12.1. The zero-order valence-corrected chi connectivity index (χ0v) is 14.8. The van der Waals surface area contributed by atoms with E-state index in [4.69, 9.17) is 0 Å². The molecule has 0 radical (unpaired) electrons. The fourth-order valence-electron chi connectivity index (χ4n) is 1.62. The molecular formula is C13H24N2O2S3. The van der Waals surface area contributed by atoms with Gasteiger partial charge in [-0.2, -0.15) is 11.8 Å². The minimum atomic E-state index is -3.32. The predicted octanol–water partition coefficient (Wildman–Crippen LogP) is 2.32. The summed E-state index contributed by atoms with van der Waals surface area (Å²) < 4.78 is 27.2. The quantitative estimate of drug-likeness (QED) is 0.644. The van der Waals surface area contributed by atoms with Crippen molar-refractivity contribution >= 4 is 33.1 Å². The van der Waals surface area contributed by atoms with Gasteiger partial charge in [0.1, 0.15) is 4.21 Å². The molecule has 0 aromatic carbocycles. The Balaban J connectivity index is 2.48. The van der Waals surface area contributed by atoms with Gasteiger partial charge in [-0.25, -0.2) is 13.1 Å². The third-order valence-electron chi connectivity index (χ3n) is 2.64. The van der Waals surface area contributed by atoms with Crippen LogP contribution in [0.25, 0.3) is 0 Å². The van der Waals surface area contributed by atoms with E-state index in [0.717, 1.165) is 30.0 Å². The van der Waals surface area contributed by atoms with Gasteiger partial charge in [0, 0.05) is 24.0 Å². The highest BCUT2D eigenvalue weighted by Gasteiger charge is 2.15. The van der Waals surface area contributed by atoms with Crippen molar-refractivity contribution in [1.29, 1.82) is 0 Å². The van der Waals surface area contributed by atoms with Crippen LogP contribution in [-0.2, 0) is 16.4 Å². The molecule has 0 atom stereocenters. The molecule has 7 heteroatoms. The van der Waals surface area contributed by atoms with Crippen LogP contribution in [0.5, 0.6) is 0 Å². The second-order valence-corrected chi connectivity index (χ2v) is 8.97. The van der Waals surface area contributed by atoms with E-state index in [-0.39, 0.29) is 0 Å². The SMILES string of the molecule is CSCCCNS(=O)(=O)c1ccc(CCNC(C)C)s1. The maximum Gasteiger partial charge on any atom is 0.250 e. The van der Waals surface area contributed by atoms with Gasteiger partial charge in [0.25, 0.3) is 0 Å². The first kappa shape index (κ1) is 18.0. The van der Waals surface area contributed by atoms with Gasteiger partial charge in [-0.3, -0.25) is 0 Å². The molecule has 0 saturated carbocycles. The molecule has 0 aliphatic heterocycles. The van der Waals surface area contributed by atoms with E-state index in [1.807, 2.05) is 12.3 Å². The minimum absolute atomic E-state index is 0.418. The number of sulfonamides is 1. The molecule has 1 rings (SSSR count). The average Bonchev–Trinajstić information content (AvgIpc) is 2.84. The topological polar surface area (TPSA) is 58.2 Å². The Morgan fingerprint density at radius 2 is 2.05 bits per heavy atom. The number of hydrogen-bond donors (Lipinski definition) is 2. The molecule has 0 aliphatic carbocycles. The Morgan fingerprint density at radius 3 is 2.70 bits per heavy atom. The second-order valence-electron chi connectivity index (χ2n) is 4.82. The van der Waals surface area contributed by atoms with E-state index in [0.29, 0.717) is 16.8 Å². The summed E-state index contributed by atoms with van der Waals surface area (Å²) in [6.45, 7) is 5.58. The molecule has 2 N–H and O–H groups in total. The highest BCUT2D eigenvalue weighted by Crippen LogP contribution is 2.21. The molecule has 0 fully saturated rings. The van der Waals surface area contributed by atoms with Gasteiger partial charge in [-0.1, -0.05) is 13.8 Å². The molecule has 116 valence electrons. The third kappa shape index (κ3) is 6.58. The van der Waals surface area contributed by atoms with Crippen molar-refractivity contribution in [3.63, 3.8) is 0 Å². The van der Waals surface area contributed by atoms with Crippen molar-refractivity contribution in [1.82, 2.24) is 10.0 Å². The van der Waals surface area contributed by atoms with Crippen molar-refractivity contribution in [2.24, 2.45) is 0 Å². The largest absolute Gasteiger partial charge is 0.314 e. The van der Waals surface area contributed by atoms with Gasteiger partial charge >= 0.3 is 0 Å². The van der Waals surface area contributed by atoms with Crippen molar-refractivity contribution < 1.29 is 8.42 Å². The summed E-state index contributed by atoms with van der Waals surface area (Å²) in [6.07, 6.45) is 3.74. The molecule has 0 aliphatic rings. The lowest BCUT2D eigenvalue weighted by molar-refractivity contribution is 0.583. The monoisotopic (exact) mass is 336 g/mol. The van der Waals surface area contributed by atoms with Crippen LogP contribution in [0.15, 0.2) is 16.3 Å². The van der Waals surface area contributed by atoms with E-state index < -0.39 is 10.0 Å². The second kappa shape index (κ2) is 9.04. The highest BCUT2D eigenvalue weighted by atomic mass is 32.2. The van der Waals surface area contributed by atoms with Gasteiger partial charge in [0.15, 0.2) is 0 Å². The molecule has 1 heterocycles.